The van der Waals surface area contributed by atoms with Gasteiger partial charge in [-0.15, -0.1) is 0 Å². The number of amides is 1. The Morgan fingerprint density at radius 2 is 1.16 bits per heavy atom. The molecule has 1 aliphatic heterocycles. The lowest BCUT2D eigenvalue weighted by atomic mass is 10.3. The molecule has 37 heavy (non-hydrogen) atoms. The average Bonchev–Trinajstić information content (AvgIpc) is 3.74. The van der Waals surface area contributed by atoms with Gasteiger partial charge in [-0.05, 0) is 6.08 Å². The fraction of sp³-hybridized carbons (Fsp3) is 0.0870. The minimum Gasteiger partial charge on any atom is -0.448 e. The largest absolute Gasteiger partial charge is 0.448 e. The van der Waals surface area contributed by atoms with Crippen molar-refractivity contribution in [2.75, 3.05) is 0 Å². The van der Waals surface area contributed by atoms with Crippen LogP contribution >= 0.6 is 0 Å². The van der Waals surface area contributed by atoms with Gasteiger partial charge < -0.3 is 31.8 Å². The third-order valence-electron chi connectivity index (χ3n) is 5.23. The van der Waals surface area contributed by atoms with E-state index in [1.807, 2.05) is 0 Å². The Kier molecular flexibility index (Phi) is 4.67. The van der Waals surface area contributed by atoms with Crippen LogP contribution in [0.2, 0.25) is 0 Å². The quantitative estimate of drug-likeness (QED) is 0.318. The Morgan fingerprint density at radius 3 is 1.95 bits per heavy atom. The number of aromatic nitrogens is 6. The molecule has 0 radical (unpaired) electrons. The number of rotatable bonds is 0. The minimum atomic E-state index is -0.476. The third-order valence-corrected chi connectivity index (χ3v) is 5.23. The molecule has 6 aromatic rings. The summed E-state index contributed by atoms with van der Waals surface area (Å²) in [4.78, 5) is 38.5. The second-order valence-electron chi connectivity index (χ2n) is 7.74. The molecule has 0 saturated carbocycles. The van der Waals surface area contributed by atoms with Gasteiger partial charge in [-0.25, -0.2) is 29.9 Å². The zero-order chi connectivity index (χ0) is 24.8. The standard InChI is InChI=1S/C23H13N7O7/c31-19-12-6-35-23(28-12)16-10-37-22(30-16)14-8-33-18(27-14)3-1-2-17-26-13(7-32-17)21-29-15(9-36-21)20-25-11(4-24-19)5-34-20/h1,3,5-10H,2,4H2,(H,24,31)/b3-1+. The Labute approximate surface area is 205 Å². The van der Waals surface area contributed by atoms with Crippen LogP contribution in [-0.4, -0.2) is 35.8 Å². The highest BCUT2D eigenvalue weighted by atomic mass is 16.4. The van der Waals surface area contributed by atoms with Crippen LogP contribution in [0.15, 0.2) is 70.2 Å². The van der Waals surface area contributed by atoms with Crippen molar-refractivity contribution in [1.82, 2.24) is 35.2 Å². The summed E-state index contributed by atoms with van der Waals surface area (Å²) >= 11 is 0. The topological polar surface area (TPSA) is 185 Å². The molecule has 0 aromatic carbocycles. The lowest BCUT2D eigenvalue weighted by molar-refractivity contribution is 0.0945. The summed E-state index contributed by atoms with van der Waals surface area (Å²) in [6.45, 7) is 0.0813. The molecule has 0 spiro atoms. The molecule has 0 saturated heterocycles. The van der Waals surface area contributed by atoms with Crippen molar-refractivity contribution in [1.29, 1.82) is 0 Å². The summed E-state index contributed by atoms with van der Waals surface area (Å²) in [5.74, 6) is 1.04. The van der Waals surface area contributed by atoms with Crippen molar-refractivity contribution in [3.63, 3.8) is 0 Å². The number of allylic oxidation sites excluding steroid dienone is 1. The van der Waals surface area contributed by atoms with E-state index >= 15 is 0 Å². The minimum absolute atomic E-state index is 0.0553. The third kappa shape index (κ3) is 3.91. The molecule has 14 nitrogen and oxygen atoms in total. The first-order valence-electron chi connectivity index (χ1n) is 10.8. The second-order valence-corrected chi connectivity index (χ2v) is 7.74. The molecule has 1 aliphatic rings. The molecule has 0 aliphatic carbocycles. The van der Waals surface area contributed by atoms with Crippen LogP contribution in [0.4, 0.5) is 0 Å². The van der Waals surface area contributed by atoms with Gasteiger partial charge in [0.1, 0.15) is 37.6 Å². The van der Waals surface area contributed by atoms with Crippen molar-refractivity contribution in [2.24, 2.45) is 0 Å². The van der Waals surface area contributed by atoms with Crippen LogP contribution in [0.1, 0.15) is 28.0 Å². The molecule has 1 amide bonds. The molecule has 14 heteroatoms. The molecular weight excluding hydrogens is 486 g/mol. The van der Waals surface area contributed by atoms with Gasteiger partial charge in [-0.2, -0.15) is 0 Å². The molecule has 6 aromatic heterocycles. The summed E-state index contributed by atoms with van der Waals surface area (Å²) < 4.78 is 32.9. The van der Waals surface area contributed by atoms with Crippen molar-refractivity contribution < 1.29 is 31.3 Å². The summed E-state index contributed by atoms with van der Waals surface area (Å²) in [6, 6.07) is 0. The fourth-order valence-corrected chi connectivity index (χ4v) is 3.47. The first-order chi connectivity index (χ1) is 18.2. The Hall–Kier alpha value is -5.53. The predicted octanol–water partition coefficient (Wildman–Crippen LogP) is 3.78. The van der Waals surface area contributed by atoms with Crippen LogP contribution in [0.5, 0.6) is 0 Å². The van der Waals surface area contributed by atoms with Crippen molar-refractivity contribution in [3.8, 4) is 46.3 Å². The predicted molar refractivity (Wildman–Crippen MR) is 119 cm³/mol. The Bertz CT molecular complexity index is 1760. The smallest absolute Gasteiger partial charge is 0.273 e. The zero-order valence-corrected chi connectivity index (χ0v) is 18.6. The Morgan fingerprint density at radius 1 is 0.595 bits per heavy atom. The summed E-state index contributed by atoms with van der Waals surface area (Å²) in [5.41, 5.74) is 1.95. The van der Waals surface area contributed by atoms with Crippen molar-refractivity contribution in [2.45, 2.75) is 13.0 Å². The van der Waals surface area contributed by atoms with Gasteiger partial charge in [0.2, 0.25) is 29.5 Å². The number of hydrogen-bond donors (Lipinski definition) is 1. The molecule has 12 bridgehead atoms. The van der Waals surface area contributed by atoms with Gasteiger partial charge in [0.25, 0.3) is 5.91 Å². The number of nitrogens with zero attached hydrogens (tertiary/aromatic N) is 6. The molecule has 0 atom stereocenters. The molecular formula is C23H13N7O7. The highest BCUT2D eigenvalue weighted by Crippen LogP contribution is 2.26. The van der Waals surface area contributed by atoms with Gasteiger partial charge in [-0.1, -0.05) is 6.08 Å². The highest BCUT2D eigenvalue weighted by molar-refractivity contribution is 5.92. The summed E-state index contributed by atoms with van der Waals surface area (Å²) in [7, 11) is 0. The van der Waals surface area contributed by atoms with Gasteiger partial charge in [0.15, 0.2) is 34.4 Å². The lowest BCUT2D eigenvalue weighted by Crippen LogP contribution is -2.23. The normalized spacial score (nSPS) is 14.2. The molecule has 1 N–H and O–H groups in total. The van der Waals surface area contributed by atoms with Crippen molar-refractivity contribution >= 4 is 12.0 Å². The van der Waals surface area contributed by atoms with E-state index < -0.39 is 5.91 Å². The van der Waals surface area contributed by atoms with E-state index in [0.29, 0.717) is 41.0 Å². The van der Waals surface area contributed by atoms with E-state index in [1.54, 1.807) is 12.2 Å². The van der Waals surface area contributed by atoms with E-state index in [4.69, 9.17) is 26.5 Å². The van der Waals surface area contributed by atoms with Crippen LogP contribution < -0.4 is 5.32 Å². The number of hydrogen-bond acceptors (Lipinski definition) is 13. The van der Waals surface area contributed by atoms with Crippen LogP contribution in [0, 0.1) is 0 Å². The number of nitrogens with one attached hydrogen (secondary N) is 1. The molecule has 182 valence electrons. The average molecular weight is 499 g/mol. The highest BCUT2D eigenvalue weighted by Gasteiger charge is 2.20. The molecule has 0 fully saturated rings. The maximum absolute atomic E-state index is 12.6. The fourth-order valence-electron chi connectivity index (χ4n) is 3.47. The number of carbonyl (C=O) groups is 1. The van der Waals surface area contributed by atoms with Crippen LogP contribution in [0.25, 0.3) is 52.4 Å². The van der Waals surface area contributed by atoms with Crippen molar-refractivity contribution in [3.05, 3.63) is 66.8 Å². The number of oxazole rings is 6. The summed E-state index contributed by atoms with van der Waals surface area (Å²) in [5, 5.41) is 2.70. The van der Waals surface area contributed by atoms with E-state index in [-0.39, 0.29) is 41.5 Å². The zero-order valence-electron chi connectivity index (χ0n) is 18.6. The Balaban J connectivity index is 1.23. The van der Waals surface area contributed by atoms with E-state index in [1.165, 1.54) is 37.6 Å². The van der Waals surface area contributed by atoms with Gasteiger partial charge in [0, 0.05) is 6.42 Å². The van der Waals surface area contributed by atoms with Gasteiger partial charge >= 0.3 is 0 Å². The lowest BCUT2D eigenvalue weighted by Gasteiger charge is -1.98. The maximum atomic E-state index is 12.6. The first-order valence-corrected chi connectivity index (χ1v) is 10.8. The maximum Gasteiger partial charge on any atom is 0.273 e. The SMILES string of the molecule is O=C1NCc2coc(n2)-c2coc(n2)-c2coc(n2)C/C=C/c2nc(co2)-c2nc(co2)-c2nc1co2. The van der Waals surface area contributed by atoms with E-state index in [9.17, 15) is 4.79 Å². The van der Waals surface area contributed by atoms with Crippen LogP contribution in [0.3, 0.4) is 0 Å². The van der Waals surface area contributed by atoms with Crippen LogP contribution in [-0.2, 0) is 13.0 Å². The van der Waals surface area contributed by atoms with E-state index in [0.717, 1.165) is 0 Å². The molecule has 7 rings (SSSR count). The van der Waals surface area contributed by atoms with Gasteiger partial charge in [-0.3, -0.25) is 4.79 Å². The molecule has 0 unspecified atom stereocenters. The molecule has 7 heterocycles. The first kappa shape index (κ1) is 20.8. The van der Waals surface area contributed by atoms with E-state index in [2.05, 4.69) is 35.2 Å². The number of fused-ring (bicyclic) bond motifs is 16. The number of carbonyl (C=O) groups excluding carboxylic acids is 1. The monoisotopic (exact) mass is 499 g/mol. The summed E-state index contributed by atoms with van der Waals surface area (Å²) in [6.07, 6.45) is 12.0. The second kappa shape index (κ2) is 8.30. The van der Waals surface area contributed by atoms with Gasteiger partial charge in [0.05, 0.1) is 12.2 Å².